The Kier molecular flexibility index (Phi) is 7.13. The van der Waals surface area contributed by atoms with Crippen molar-refractivity contribution in [1.82, 2.24) is 10.0 Å². The lowest BCUT2D eigenvalue weighted by Gasteiger charge is -2.16. The molecule has 0 radical (unpaired) electrons. The zero-order chi connectivity index (χ0) is 16.0. The molecule has 4 nitrogen and oxygen atoms in total. The van der Waals surface area contributed by atoms with Gasteiger partial charge >= 0.3 is 0 Å². The van der Waals surface area contributed by atoms with Gasteiger partial charge in [0.05, 0.1) is 4.90 Å². The van der Waals surface area contributed by atoms with E-state index >= 15 is 0 Å². The zero-order valence-electron chi connectivity index (χ0n) is 13.1. The lowest BCUT2D eigenvalue weighted by molar-refractivity contribution is 0.482. The number of nitrogens with one attached hydrogen (secondary N) is 2. The molecular formula is C15H25ClN2O2S. The number of sulfonamides is 1. The van der Waals surface area contributed by atoms with Crippen molar-refractivity contribution < 1.29 is 8.42 Å². The second-order valence-corrected chi connectivity index (χ2v) is 7.81. The summed E-state index contributed by atoms with van der Waals surface area (Å²) in [5.41, 5.74) is 0.896. The van der Waals surface area contributed by atoms with E-state index in [0.717, 1.165) is 18.5 Å². The molecule has 1 aromatic rings. The quantitative estimate of drug-likeness (QED) is 0.768. The molecule has 0 saturated heterocycles. The van der Waals surface area contributed by atoms with Crippen molar-refractivity contribution in [2.45, 2.75) is 51.6 Å². The van der Waals surface area contributed by atoms with Crippen LogP contribution >= 0.6 is 11.6 Å². The summed E-state index contributed by atoms with van der Waals surface area (Å²) in [5, 5.41) is 3.64. The molecule has 0 bridgehead atoms. The number of hydrogen-bond acceptors (Lipinski definition) is 3. The van der Waals surface area contributed by atoms with Gasteiger partial charge in [-0.2, -0.15) is 0 Å². The molecule has 0 fully saturated rings. The molecule has 6 heteroatoms. The largest absolute Gasteiger partial charge is 0.313 e. The van der Waals surface area contributed by atoms with Crippen LogP contribution in [0.25, 0.3) is 0 Å². The van der Waals surface area contributed by atoms with Gasteiger partial charge in [-0.05, 0) is 43.5 Å². The van der Waals surface area contributed by atoms with Crippen LogP contribution in [-0.4, -0.2) is 21.0 Å². The normalized spacial score (nSPS) is 13.6. The lowest BCUT2D eigenvalue weighted by atomic mass is 10.1. The maximum Gasteiger partial charge on any atom is 0.240 e. The van der Waals surface area contributed by atoms with Crippen LogP contribution in [0.15, 0.2) is 23.1 Å². The average Bonchev–Trinajstić information content (AvgIpc) is 2.35. The van der Waals surface area contributed by atoms with Gasteiger partial charge in [0.15, 0.2) is 0 Å². The van der Waals surface area contributed by atoms with Gasteiger partial charge in [0.25, 0.3) is 0 Å². The summed E-state index contributed by atoms with van der Waals surface area (Å²) in [5.74, 6) is 0.439. The van der Waals surface area contributed by atoms with Gasteiger partial charge in [0.2, 0.25) is 10.0 Å². The molecule has 1 unspecified atom stereocenters. The Bertz CT molecular complexity index is 559. The molecule has 0 aliphatic rings. The van der Waals surface area contributed by atoms with Crippen LogP contribution in [0.4, 0.5) is 0 Å². The smallest absolute Gasteiger partial charge is 0.240 e. The zero-order valence-corrected chi connectivity index (χ0v) is 14.7. The highest BCUT2D eigenvalue weighted by Crippen LogP contribution is 2.21. The van der Waals surface area contributed by atoms with Crippen LogP contribution in [0.2, 0.25) is 5.02 Å². The van der Waals surface area contributed by atoms with Crippen LogP contribution in [0.3, 0.4) is 0 Å². The lowest BCUT2D eigenvalue weighted by Crippen LogP contribution is -2.33. The van der Waals surface area contributed by atoms with Gasteiger partial charge in [-0.1, -0.05) is 38.4 Å². The molecule has 0 amide bonds. The highest BCUT2D eigenvalue weighted by Gasteiger charge is 2.19. The van der Waals surface area contributed by atoms with Crippen LogP contribution in [0.1, 0.15) is 39.7 Å². The third-order valence-electron chi connectivity index (χ3n) is 3.08. The fourth-order valence-electron chi connectivity index (χ4n) is 2.19. The van der Waals surface area contributed by atoms with Crippen molar-refractivity contribution in [3.8, 4) is 0 Å². The Labute approximate surface area is 133 Å². The molecule has 120 valence electrons. The Balaban J connectivity index is 2.86. The average molecular weight is 333 g/mol. The van der Waals surface area contributed by atoms with E-state index in [2.05, 4.69) is 23.9 Å². The van der Waals surface area contributed by atoms with Crippen LogP contribution < -0.4 is 10.0 Å². The van der Waals surface area contributed by atoms with Gasteiger partial charge < -0.3 is 5.32 Å². The van der Waals surface area contributed by atoms with Crippen molar-refractivity contribution in [1.29, 1.82) is 0 Å². The molecule has 0 spiro atoms. The molecule has 0 saturated carbocycles. The SMILES string of the molecule is CCNCc1ccc(S(=O)(=O)NC(C)CC(C)C)cc1Cl. The van der Waals surface area contributed by atoms with E-state index in [-0.39, 0.29) is 10.9 Å². The topological polar surface area (TPSA) is 58.2 Å². The van der Waals surface area contributed by atoms with Gasteiger partial charge in [0, 0.05) is 17.6 Å². The van der Waals surface area contributed by atoms with E-state index in [4.69, 9.17) is 11.6 Å². The number of hydrogen-bond donors (Lipinski definition) is 2. The first-order chi connectivity index (χ1) is 9.76. The maximum atomic E-state index is 12.3. The molecule has 0 aliphatic heterocycles. The molecule has 1 aromatic carbocycles. The minimum atomic E-state index is -3.52. The number of halogens is 1. The summed E-state index contributed by atoms with van der Waals surface area (Å²) < 4.78 is 27.3. The van der Waals surface area contributed by atoms with Crippen molar-refractivity contribution >= 4 is 21.6 Å². The Hall–Kier alpha value is -0.620. The highest BCUT2D eigenvalue weighted by atomic mass is 35.5. The molecular weight excluding hydrogens is 308 g/mol. The molecule has 2 N–H and O–H groups in total. The van der Waals surface area contributed by atoms with Gasteiger partial charge in [-0.3, -0.25) is 0 Å². The van der Waals surface area contributed by atoms with E-state index < -0.39 is 10.0 Å². The summed E-state index contributed by atoms with van der Waals surface area (Å²) in [4.78, 5) is 0.211. The molecule has 1 rings (SSSR count). The molecule has 21 heavy (non-hydrogen) atoms. The van der Waals surface area contributed by atoms with Crippen molar-refractivity contribution in [3.05, 3.63) is 28.8 Å². The summed E-state index contributed by atoms with van der Waals surface area (Å²) >= 11 is 6.16. The molecule has 0 heterocycles. The fourth-order valence-corrected chi connectivity index (χ4v) is 3.78. The van der Waals surface area contributed by atoms with Gasteiger partial charge in [-0.25, -0.2) is 13.1 Å². The molecule has 1 atom stereocenters. The first-order valence-electron chi connectivity index (χ1n) is 7.27. The Morgan fingerprint density at radius 3 is 2.43 bits per heavy atom. The van der Waals surface area contributed by atoms with Crippen molar-refractivity contribution in [2.75, 3.05) is 6.54 Å². The van der Waals surface area contributed by atoms with Crippen LogP contribution in [0, 0.1) is 5.92 Å². The van der Waals surface area contributed by atoms with Crippen molar-refractivity contribution in [3.63, 3.8) is 0 Å². The molecule has 0 aliphatic carbocycles. The Morgan fingerprint density at radius 1 is 1.24 bits per heavy atom. The number of benzene rings is 1. The van der Waals surface area contributed by atoms with Gasteiger partial charge in [0.1, 0.15) is 0 Å². The standard InChI is InChI=1S/C15H25ClN2O2S/c1-5-17-10-13-6-7-14(9-15(13)16)21(19,20)18-12(4)8-11(2)3/h6-7,9,11-12,17-18H,5,8,10H2,1-4H3. The monoisotopic (exact) mass is 332 g/mol. The minimum absolute atomic E-state index is 0.102. The van der Waals surface area contributed by atoms with E-state index in [9.17, 15) is 8.42 Å². The van der Waals surface area contributed by atoms with Gasteiger partial charge in [-0.15, -0.1) is 0 Å². The van der Waals surface area contributed by atoms with Crippen LogP contribution in [-0.2, 0) is 16.6 Å². The summed E-state index contributed by atoms with van der Waals surface area (Å²) in [6.07, 6.45) is 0.797. The van der Waals surface area contributed by atoms with Crippen molar-refractivity contribution in [2.24, 2.45) is 5.92 Å². The fraction of sp³-hybridized carbons (Fsp3) is 0.600. The number of rotatable bonds is 8. The predicted molar refractivity (Wildman–Crippen MR) is 88.1 cm³/mol. The highest BCUT2D eigenvalue weighted by molar-refractivity contribution is 7.89. The first-order valence-corrected chi connectivity index (χ1v) is 9.13. The van der Waals surface area contributed by atoms with E-state index in [1.807, 2.05) is 13.8 Å². The Morgan fingerprint density at radius 2 is 1.90 bits per heavy atom. The van der Waals surface area contributed by atoms with E-state index in [1.165, 1.54) is 6.07 Å². The first kappa shape index (κ1) is 18.4. The maximum absolute atomic E-state index is 12.3. The minimum Gasteiger partial charge on any atom is -0.313 e. The third-order valence-corrected chi connectivity index (χ3v) is 5.02. The third kappa shape index (κ3) is 5.94. The summed E-state index contributed by atoms with van der Waals surface area (Å²) in [6.45, 7) is 9.48. The second kappa shape index (κ2) is 8.13. The summed E-state index contributed by atoms with van der Waals surface area (Å²) in [7, 11) is -3.52. The predicted octanol–water partition coefficient (Wildman–Crippen LogP) is 3.16. The van der Waals surface area contributed by atoms with Crippen LogP contribution in [0.5, 0.6) is 0 Å². The molecule has 0 aromatic heterocycles. The summed E-state index contributed by atoms with van der Waals surface area (Å²) in [6, 6.07) is 4.77. The van der Waals surface area contributed by atoms with E-state index in [1.54, 1.807) is 12.1 Å². The van der Waals surface area contributed by atoms with E-state index in [0.29, 0.717) is 17.5 Å². The second-order valence-electron chi connectivity index (χ2n) is 5.69.